The second kappa shape index (κ2) is 5.18. The van der Waals surface area contributed by atoms with Crippen LogP contribution in [-0.2, 0) is 17.1 Å². The Bertz CT molecular complexity index is 769. The first kappa shape index (κ1) is 13.8. The normalized spacial score (nSPS) is 11.3. The van der Waals surface area contributed by atoms with Gasteiger partial charge in [-0.05, 0) is 30.3 Å². The summed E-state index contributed by atoms with van der Waals surface area (Å²) in [6, 6.07) is 9.29. The predicted molar refractivity (Wildman–Crippen MR) is 76.6 cm³/mol. The summed E-state index contributed by atoms with van der Waals surface area (Å²) in [5.41, 5.74) is -0.383. The average molecular weight is 343 g/mol. The molecule has 0 radical (unpaired) electrons. The number of sulfonamides is 1. The van der Waals surface area contributed by atoms with Gasteiger partial charge >= 0.3 is 0 Å². The largest absolute Gasteiger partial charge is 0.317 e. The van der Waals surface area contributed by atoms with E-state index in [1.165, 1.54) is 22.8 Å². The molecule has 19 heavy (non-hydrogen) atoms. The summed E-state index contributed by atoms with van der Waals surface area (Å²) >= 11 is 3.21. The molecule has 0 saturated heterocycles. The van der Waals surface area contributed by atoms with Gasteiger partial charge in [-0.3, -0.25) is 9.52 Å². The maximum Gasteiger partial charge on any atom is 0.274 e. The van der Waals surface area contributed by atoms with Gasteiger partial charge in [0.15, 0.2) is 0 Å². The molecule has 0 spiro atoms. The summed E-state index contributed by atoms with van der Waals surface area (Å²) in [5, 5.41) is 0. The number of benzene rings is 1. The fourth-order valence-corrected chi connectivity index (χ4v) is 3.17. The molecule has 1 aromatic heterocycles. The van der Waals surface area contributed by atoms with Crippen LogP contribution < -0.4 is 10.3 Å². The van der Waals surface area contributed by atoms with E-state index < -0.39 is 15.6 Å². The Kier molecular flexibility index (Phi) is 3.77. The van der Waals surface area contributed by atoms with Crippen molar-refractivity contribution in [3.63, 3.8) is 0 Å². The highest BCUT2D eigenvalue weighted by atomic mass is 79.9. The van der Waals surface area contributed by atoms with Crippen molar-refractivity contribution in [3.05, 3.63) is 57.4 Å². The molecule has 1 N–H and O–H groups in total. The van der Waals surface area contributed by atoms with Crippen molar-refractivity contribution in [1.82, 2.24) is 4.57 Å². The lowest BCUT2D eigenvalue weighted by molar-refractivity contribution is 0.601. The molecular weight excluding hydrogens is 332 g/mol. The Hall–Kier alpha value is -1.60. The monoisotopic (exact) mass is 342 g/mol. The van der Waals surface area contributed by atoms with Crippen LogP contribution in [-0.4, -0.2) is 13.0 Å². The van der Waals surface area contributed by atoms with Gasteiger partial charge in [-0.25, -0.2) is 8.42 Å². The molecule has 0 aliphatic heterocycles. The molecule has 5 nitrogen and oxygen atoms in total. The molecule has 0 unspecified atom stereocenters. The SMILES string of the molecule is Cn1cccc(NS(=O)(=O)c2cccc(Br)c2)c1=O. The zero-order chi connectivity index (χ0) is 14.0. The van der Waals surface area contributed by atoms with Gasteiger partial charge in [-0.1, -0.05) is 22.0 Å². The predicted octanol–water partition coefficient (Wildman–Crippen LogP) is 1.95. The van der Waals surface area contributed by atoms with E-state index in [1.54, 1.807) is 31.4 Å². The molecule has 0 fully saturated rings. The first-order valence-corrected chi connectivity index (χ1v) is 7.62. The van der Waals surface area contributed by atoms with Crippen LogP contribution >= 0.6 is 15.9 Å². The Morgan fingerprint density at radius 1 is 1.21 bits per heavy atom. The van der Waals surface area contributed by atoms with E-state index in [9.17, 15) is 13.2 Å². The third-order valence-electron chi connectivity index (χ3n) is 2.47. The third kappa shape index (κ3) is 3.05. The topological polar surface area (TPSA) is 68.2 Å². The first-order valence-electron chi connectivity index (χ1n) is 5.34. The summed E-state index contributed by atoms with van der Waals surface area (Å²) < 4.78 is 28.5. The average Bonchev–Trinajstić information content (AvgIpc) is 2.35. The van der Waals surface area contributed by atoms with Gasteiger partial charge in [0.25, 0.3) is 15.6 Å². The number of nitrogens with zero attached hydrogens (tertiary/aromatic N) is 1. The van der Waals surface area contributed by atoms with Gasteiger partial charge in [-0.15, -0.1) is 0 Å². The van der Waals surface area contributed by atoms with E-state index in [-0.39, 0.29) is 10.6 Å². The number of rotatable bonds is 3. The second-order valence-corrected chi connectivity index (χ2v) is 6.50. The number of aryl methyl sites for hydroxylation is 1. The van der Waals surface area contributed by atoms with Crippen LogP contribution in [0.1, 0.15) is 0 Å². The lowest BCUT2D eigenvalue weighted by Gasteiger charge is -2.08. The van der Waals surface area contributed by atoms with Crippen LogP contribution in [0.2, 0.25) is 0 Å². The van der Waals surface area contributed by atoms with Crippen molar-refractivity contribution >= 4 is 31.6 Å². The standard InChI is InChI=1S/C12H11BrN2O3S/c1-15-7-3-6-11(12(15)16)14-19(17,18)10-5-2-4-9(13)8-10/h2-8,14H,1H3. The lowest BCUT2D eigenvalue weighted by Crippen LogP contribution is -2.23. The van der Waals surface area contributed by atoms with Crippen LogP contribution in [0.4, 0.5) is 5.69 Å². The molecule has 2 aromatic rings. The van der Waals surface area contributed by atoms with Crippen LogP contribution in [0.25, 0.3) is 0 Å². The van der Waals surface area contributed by atoms with E-state index in [0.29, 0.717) is 4.47 Å². The minimum Gasteiger partial charge on any atom is -0.317 e. The molecule has 0 atom stereocenters. The summed E-state index contributed by atoms with van der Waals surface area (Å²) in [5.74, 6) is 0. The summed E-state index contributed by atoms with van der Waals surface area (Å²) in [6.45, 7) is 0. The zero-order valence-electron chi connectivity index (χ0n) is 10.00. The molecule has 2 rings (SSSR count). The van der Waals surface area contributed by atoms with Gasteiger partial charge in [-0.2, -0.15) is 0 Å². The molecule has 1 heterocycles. The number of hydrogen-bond acceptors (Lipinski definition) is 3. The van der Waals surface area contributed by atoms with Crippen molar-refractivity contribution < 1.29 is 8.42 Å². The molecule has 0 amide bonds. The Morgan fingerprint density at radius 3 is 2.63 bits per heavy atom. The number of halogens is 1. The number of anilines is 1. The van der Waals surface area contributed by atoms with E-state index >= 15 is 0 Å². The zero-order valence-corrected chi connectivity index (χ0v) is 12.4. The smallest absolute Gasteiger partial charge is 0.274 e. The molecule has 0 bridgehead atoms. The van der Waals surface area contributed by atoms with Gasteiger partial charge in [0, 0.05) is 17.7 Å². The summed E-state index contributed by atoms with van der Waals surface area (Å²) in [4.78, 5) is 11.9. The Balaban J connectivity index is 2.42. The lowest BCUT2D eigenvalue weighted by atomic mass is 10.4. The molecular formula is C12H11BrN2O3S. The molecule has 7 heteroatoms. The number of aromatic nitrogens is 1. The van der Waals surface area contributed by atoms with Crippen molar-refractivity contribution in [2.45, 2.75) is 4.90 Å². The molecule has 1 aromatic carbocycles. The van der Waals surface area contributed by atoms with E-state index in [1.807, 2.05) is 0 Å². The Morgan fingerprint density at radius 2 is 1.95 bits per heavy atom. The van der Waals surface area contributed by atoms with Crippen molar-refractivity contribution in [1.29, 1.82) is 0 Å². The quantitative estimate of drug-likeness (QED) is 0.926. The third-order valence-corrected chi connectivity index (χ3v) is 4.33. The minimum absolute atomic E-state index is 0.0185. The number of pyridine rings is 1. The van der Waals surface area contributed by atoms with Crippen molar-refractivity contribution in [2.75, 3.05) is 4.72 Å². The molecule has 100 valence electrons. The van der Waals surface area contributed by atoms with Crippen LogP contribution in [0.15, 0.2) is 56.8 Å². The van der Waals surface area contributed by atoms with Crippen molar-refractivity contribution in [2.24, 2.45) is 7.05 Å². The van der Waals surface area contributed by atoms with Gasteiger partial charge in [0.1, 0.15) is 5.69 Å². The number of nitrogens with one attached hydrogen (secondary N) is 1. The number of hydrogen-bond donors (Lipinski definition) is 1. The molecule has 0 aliphatic carbocycles. The van der Waals surface area contributed by atoms with E-state index in [2.05, 4.69) is 20.7 Å². The summed E-state index contributed by atoms with van der Waals surface area (Å²) in [6.07, 6.45) is 1.55. The van der Waals surface area contributed by atoms with Crippen LogP contribution in [0, 0.1) is 0 Å². The van der Waals surface area contributed by atoms with E-state index in [4.69, 9.17) is 0 Å². The highest BCUT2D eigenvalue weighted by Crippen LogP contribution is 2.18. The first-order chi connectivity index (χ1) is 8.90. The van der Waals surface area contributed by atoms with E-state index in [0.717, 1.165) is 0 Å². The molecule has 0 aliphatic rings. The van der Waals surface area contributed by atoms with Crippen LogP contribution in [0.3, 0.4) is 0 Å². The second-order valence-electron chi connectivity index (χ2n) is 3.90. The summed E-state index contributed by atoms with van der Waals surface area (Å²) in [7, 11) is -2.21. The fourth-order valence-electron chi connectivity index (χ4n) is 1.51. The fraction of sp³-hybridized carbons (Fsp3) is 0.0833. The minimum atomic E-state index is -3.77. The molecule has 0 saturated carbocycles. The van der Waals surface area contributed by atoms with Gasteiger partial charge in [0.2, 0.25) is 0 Å². The Labute approximate surface area is 119 Å². The maximum absolute atomic E-state index is 12.1. The van der Waals surface area contributed by atoms with Crippen molar-refractivity contribution in [3.8, 4) is 0 Å². The highest BCUT2D eigenvalue weighted by molar-refractivity contribution is 9.10. The maximum atomic E-state index is 12.1. The highest BCUT2D eigenvalue weighted by Gasteiger charge is 2.16. The van der Waals surface area contributed by atoms with Crippen LogP contribution in [0.5, 0.6) is 0 Å². The van der Waals surface area contributed by atoms with Gasteiger partial charge in [0.05, 0.1) is 4.90 Å². The van der Waals surface area contributed by atoms with Gasteiger partial charge < -0.3 is 4.57 Å².